The number of halogens is 2. The van der Waals surface area contributed by atoms with E-state index in [9.17, 15) is 5.11 Å². The van der Waals surface area contributed by atoms with Gasteiger partial charge in [-0.3, -0.25) is 0 Å². The Bertz CT molecular complexity index is 243. The van der Waals surface area contributed by atoms with E-state index in [-0.39, 0.29) is 3.74 Å². The van der Waals surface area contributed by atoms with Gasteiger partial charge in [0.25, 0.3) is 0 Å². The highest BCUT2D eigenvalue weighted by atomic mass is 79.9. The first-order chi connectivity index (χ1) is 5.61. The highest BCUT2D eigenvalue weighted by molar-refractivity contribution is 9.24. The number of alkyl halides is 2. The van der Waals surface area contributed by atoms with Gasteiger partial charge in [-0.15, -0.1) is 0 Å². The second kappa shape index (κ2) is 4.40. The summed E-state index contributed by atoms with van der Waals surface area (Å²) in [6.45, 7) is 2.02. The summed E-state index contributed by atoms with van der Waals surface area (Å²) in [6, 6.07) is 7.83. The number of benzene rings is 1. The summed E-state index contributed by atoms with van der Waals surface area (Å²) >= 11 is 6.52. The molecule has 0 aliphatic carbocycles. The number of aliphatic hydroxyl groups excluding tert-OH is 1. The zero-order valence-corrected chi connectivity index (χ0v) is 9.84. The molecule has 0 fully saturated rings. The average molecular weight is 294 g/mol. The Morgan fingerprint density at radius 2 is 1.67 bits per heavy atom. The summed E-state index contributed by atoms with van der Waals surface area (Å²) in [5, 5.41) is 9.59. The van der Waals surface area contributed by atoms with E-state index in [1.54, 1.807) is 0 Å². The van der Waals surface area contributed by atoms with Crippen molar-refractivity contribution in [2.24, 2.45) is 0 Å². The molecule has 1 nitrogen and oxygen atoms in total. The van der Waals surface area contributed by atoms with Gasteiger partial charge in [0.15, 0.2) is 0 Å². The Morgan fingerprint density at radius 3 is 2.08 bits per heavy atom. The molecule has 0 aromatic heterocycles. The van der Waals surface area contributed by atoms with Gasteiger partial charge in [-0.05, 0) is 12.5 Å². The minimum atomic E-state index is -0.495. The van der Waals surface area contributed by atoms with Gasteiger partial charge in [0.05, 0.1) is 3.74 Å². The highest BCUT2D eigenvalue weighted by Crippen LogP contribution is 2.26. The second-order valence-corrected chi connectivity index (χ2v) is 5.89. The SMILES string of the molecule is Cc1ccc(C(O)C(Br)Br)cc1. The van der Waals surface area contributed by atoms with E-state index in [0.717, 1.165) is 5.56 Å². The predicted molar refractivity (Wildman–Crippen MR) is 57.8 cm³/mol. The lowest BCUT2D eigenvalue weighted by atomic mass is 10.1. The molecule has 1 rings (SSSR count). The number of aryl methyl sites for hydroxylation is 1. The zero-order valence-electron chi connectivity index (χ0n) is 6.67. The summed E-state index contributed by atoms with van der Waals surface area (Å²) in [5.41, 5.74) is 2.12. The largest absolute Gasteiger partial charge is 0.386 e. The molecule has 0 radical (unpaired) electrons. The van der Waals surface area contributed by atoms with Crippen LogP contribution in [0.15, 0.2) is 24.3 Å². The standard InChI is InChI=1S/C9H10Br2O/c1-6-2-4-7(5-3-6)8(12)9(10)11/h2-5,8-9,12H,1H3. The van der Waals surface area contributed by atoms with Crippen molar-refractivity contribution in [1.82, 2.24) is 0 Å². The minimum Gasteiger partial charge on any atom is -0.386 e. The fourth-order valence-corrected chi connectivity index (χ4v) is 1.52. The molecule has 0 saturated heterocycles. The summed E-state index contributed by atoms with van der Waals surface area (Å²) in [6.07, 6.45) is -0.495. The molecule has 0 amide bonds. The maximum Gasteiger partial charge on any atom is 0.101 e. The normalized spacial score (nSPS) is 13.4. The molecule has 0 bridgehead atoms. The number of hydrogen-bond donors (Lipinski definition) is 1. The Morgan fingerprint density at radius 1 is 1.17 bits per heavy atom. The zero-order chi connectivity index (χ0) is 9.14. The average Bonchev–Trinajstić information content (AvgIpc) is 2.04. The van der Waals surface area contributed by atoms with Crippen LogP contribution in [0.2, 0.25) is 0 Å². The molecule has 1 atom stereocenters. The molecule has 1 N–H and O–H groups in total. The second-order valence-electron chi connectivity index (χ2n) is 2.69. The van der Waals surface area contributed by atoms with Gasteiger partial charge in [0, 0.05) is 0 Å². The fourth-order valence-electron chi connectivity index (χ4n) is 0.909. The van der Waals surface area contributed by atoms with Crippen molar-refractivity contribution in [3.05, 3.63) is 35.4 Å². The van der Waals surface area contributed by atoms with Gasteiger partial charge >= 0.3 is 0 Å². The van der Waals surface area contributed by atoms with Crippen LogP contribution in [0.5, 0.6) is 0 Å². The molecule has 12 heavy (non-hydrogen) atoms. The highest BCUT2D eigenvalue weighted by Gasteiger charge is 2.13. The number of hydrogen-bond acceptors (Lipinski definition) is 1. The Balaban J connectivity index is 2.82. The summed E-state index contributed by atoms with van der Waals surface area (Å²) in [4.78, 5) is 0. The first kappa shape index (κ1) is 10.2. The third kappa shape index (κ3) is 2.57. The lowest BCUT2D eigenvalue weighted by Crippen LogP contribution is -2.04. The maximum atomic E-state index is 9.59. The van der Waals surface area contributed by atoms with Crippen molar-refractivity contribution >= 4 is 31.9 Å². The molecule has 0 saturated carbocycles. The fraction of sp³-hybridized carbons (Fsp3) is 0.333. The Hall–Kier alpha value is 0.140. The van der Waals surface area contributed by atoms with Gasteiger partial charge in [-0.25, -0.2) is 0 Å². The quantitative estimate of drug-likeness (QED) is 0.831. The van der Waals surface area contributed by atoms with E-state index in [4.69, 9.17) is 0 Å². The molecule has 0 spiro atoms. The van der Waals surface area contributed by atoms with Crippen LogP contribution in [0.25, 0.3) is 0 Å². The lowest BCUT2D eigenvalue weighted by Gasteiger charge is -2.11. The van der Waals surface area contributed by atoms with Crippen molar-refractivity contribution in [1.29, 1.82) is 0 Å². The van der Waals surface area contributed by atoms with E-state index >= 15 is 0 Å². The molecular formula is C9H10Br2O. The van der Waals surface area contributed by atoms with Crippen LogP contribution in [0.4, 0.5) is 0 Å². The molecule has 0 heterocycles. The number of aliphatic hydroxyl groups is 1. The first-order valence-electron chi connectivity index (χ1n) is 3.64. The lowest BCUT2D eigenvalue weighted by molar-refractivity contribution is 0.199. The van der Waals surface area contributed by atoms with Gasteiger partial charge in [-0.2, -0.15) is 0 Å². The van der Waals surface area contributed by atoms with E-state index < -0.39 is 6.10 Å². The third-order valence-electron chi connectivity index (χ3n) is 1.66. The molecule has 66 valence electrons. The van der Waals surface area contributed by atoms with Crippen molar-refractivity contribution in [3.63, 3.8) is 0 Å². The molecule has 3 heteroatoms. The smallest absolute Gasteiger partial charge is 0.101 e. The van der Waals surface area contributed by atoms with Crippen molar-refractivity contribution in [2.75, 3.05) is 0 Å². The van der Waals surface area contributed by atoms with Crippen molar-refractivity contribution in [2.45, 2.75) is 16.8 Å². The molecule has 1 aromatic rings. The summed E-state index contributed by atoms with van der Waals surface area (Å²) in [5.74, 6) is 0. The van der Waals surface area contributed by atoms with Crippen molar-refractivity contribution in [3.8, 4) is 0 Å². The van der Waals surface area contributed by atoms with Crippen LogP contribution in [-0.2, 0) is 0 Å². The van der Waals surface area contributed by atoms with E-state index in [2.05, 4.69) is 31.9 Å². The predicted octanol–water partition coefficient (Wildman–Crippen LogP) is 3.14. The van der Waals surface area contributed by atoms with Gasteiger partial charge < -0.3 is 5.11 Å². The van der Waals surface area contributed by atoms with Crippen LogP contribution < -0.4 is 0 Å². The first-order valence-corrected chi connectivity index (χ1v) is 5.47. The molecule has 1 aromatic carbocycles. The van der Waals surface area contributed by atoms with Crippen LogP contribution in [0, 0.1) is 6.92 Å². The van der Waals surface area contributed by atoms with Crippen LogP contribution >= 0.6 is 31.9 Å². The Kier molecular flexibility index (Phi) is 3.75. The summed E-state index contributed by atoms with van der Waals surface area (Å²) < 4.78 is -0.0901. The molecule has 0 aliphatic rings. The van der Waals surface area contributed by atoms with Crippen LogP contribution in [-0.4, -0.2) is 8.84 Å². The van der Waals surface area contributed by atoms with Gasteiger partial charge in [0.1, 0.15) is 6.10 Å². The minimum absolute atomic E-state index is 0.0901. The summed E-state index contributed by atoms with van der Waals surface area (Å²) in [7, 11) is 0. The molecule has 0 aliphatic heterocycles. The molecular weight excluding hydrogens is 284 g/mol. The van der Waals surface area contributed by atoms with Crippen LogP contribution in [0.3, 0.4) is 0 Å². The number of rotatable bonds is 2. The Labute approximate surface area is 89.1 Å². The van der Waals surface area contributed by atoms with Crippen molar-refractivity contribution < 1.29 is 5.11 Å². The van der Waals surface area contributed by atoms with E-state index in [1.807, 2.05) is 31.2 Å². The van der Waals surface area contributed by atoms with E-state index in [1.165, 1.54) is 5.56 Å². The van der Waals surface area contributed by atoms with E-state index in [0.29, 0.717) is 0 Å². The van der Waals surface area contributed by atoms with Crippen LogP contribution in [0.1, 0.15) is 17.2 Å². The topological polar surface area (TPSA) is 20.2 Å². The monoisotopic (exact) mass is 292 g/mol. The molecule has 1 unspecified atom stereocenters. The van der Waals surface area contributed by atoms with Gasteiger partial charge in [-0.1, -0.05) is 61.7 Å². The maximum absolute atomic E-state index is 9.59. The third-order valence-corrected chi connectivity index (χ3v) is 2.66. The van der Waals surface area contributed by atoms with Gasteiger partial charge in [0.2, 0.25) is 0 Å².